The average molecular weight is 228 g/mol. The molecule has 1 N–H and O–H groups in total. The summed E-state index contributed by atoms with van der Waals surface area (Å²) in [6.07, 6.45) is 7.00. The maximum Gasteiger partial charge on any atom is 0.0628 e. The molecule has 16 heavy (non-hydrogen) atoms. The van der Waals surface area contributed by atoms with Crippen molar-refractivity contribution in [3.8, 4) is 0 Å². The molecular formula is C13H28N2O. The fraction of sp³-hybridized carbons (Fsp3) is 1.00. The van der Waals surface area contributed by atoms with E-state index in [2.05, 4.69) is 24.2 Å². The fourth-order valence-corrected chi connectivity index (χ4v) is 2.68. The van der Waals surface area contributed by atoms with E-state index in [0.29, 0.717) is 6.04 Å². The Bertz CT molecular complexity index is 163. The molecule has 0 aromatic carbocycles. The largest absolute Gasteiger partial charge is 0.383 e. The Morgan fingerprint density at radius 3 is 2.56 bits per heavy atom. The Hall–Kier alpha value is -0.120. The van der Waals surface area contributed by atoms with Crippen LogP contribution in [0.25, 0.3) is 0 Å². The van der Waals surface area contributed by atoms with Gasteiger partial charge in [0.2, 0.25) is 0 Å². The van der Waals surface area contributed by atoms with Crippen molar-refractivity contribution in [2.75, 3.05) is 33.9 Å². The fourth-order valence-electron chi connectivity index (χ4n) is 2.68. The molecule has 0 bridgehead atoms. The van der Waals surface area contributed by atoms with Gasteiger partial charge >= 0.3 is 0 Å². The van der Waals surface area contributed by atoms with Gasteiger partial charge in [0.1, 0.15) is 0 Å². The van der Waals surface area contributed by atoms with Crippen molar-refractivity contribution in [1.29, 1.82) is 0 Å². The highest BCUT2D eigenvalue weighted by Crippen LogP contribution is 2.21. The quantitative estimate of drug-likeness (QED) is 0.720. The summed E-state index contributed by atoms with van der Waals surface area (Å²) in [6, 6.07) is 1.27. The topological polar surface area (TPSA) is 24.5 Å². The van der Waals surface area contributed by atoms with Crippen molar-refractivity contribution in [2.24, 2.45) is 0 Å². The molecule has 0 saturated heterocycles. The van der Waals surface area contributed by atoms with Crippen LogP contribution in [0.4, 0.5) is 0 Å². The summed E-state index contributed by atoms with van der Waals surface area (Å²) in [5, 5.41) is 3.49. The van der Waals surface area contributed by atoms with Crippen molar-refractivity contribution >= 4 is 0 Å². The van der Waals surface area contributed by atoms with Gasteiger partial charge in [-0.15, -0.1) is 0 Å². The predicted molar refractivity (Wildman–Crippen MR) is 68.8 cm³/mol. The number of hydrogen-bond donors (Lipinski definition) is 1. The van der Waals surface area contributed by atoms with Gasteiger partial charge in [-0.1, -0.05) is 26.2 Å². The maximum absolute atomic E-state index is 5.26. The van der Waals surface area contributed by atoms with Crippen LogP contribution in [-0.4, -0.2) is 50.8 Å². The number of nitrogens with zero attached hydrogens (tertiary/aromatic N) is 1. The highest BCUT2D eigenvalue weighted by atomic mass is 16.5. The van der Waals surface area contributed by atoms with Crippen LogP contribution in [0.1, 0.15) is 39.0 Å². The van der Waals surface area contributed by atoms with Gasteiger partial charge in [0.25, 0.3) is 0 Å². The minimum Gasteiger partial charge on any atom is -0.383 e. The van der Waals surface area contributed by atoms with Crippen LogP contribution < -0.4 is 5.32 Å². The van der Waals surface area contributed by atoms with Crippen LogP contribution in [0.3, 0.4) is 0 Å². The third-order valence-electron chi connectivity index (χ3n) is 3.57. The lowest BCUT2D eigenvalue weighted by Crippen LogP contribution is -2.46. The van der Waals surface area contributed by atoms with Gasteiger partial charge in [-0.3, -0.25) is 0 Å². The van der Waals surface area contributed by atoms with Gasteiger partial charge in [-0.2, -0.15) is 0 Å². The minimum atomic E-state index is 0.474. The predicted octanol–water partition coefficient (Wildman–Crippen LogP) is 1.88. The molecule has 0 aromatic rings. The Balaban J connectivity index is 2.30. The molecule has 0 spiro atoms. The summed E-state index contributed by atoms with van der Waals surface area (Å²) >= 11 is 0. The Morgan fingerprint density at radius 2 is 2.00 bits per heavy atom. The molecule has 1 unspecified atom stereocenters. The molecule has 1 atom stereocenters. The minimum absolute atomic E-state index is 0.474. The van der Waals surface area contributed by atoms with Gasteiger partial charge in [0.05, 0.1) is 6.61 Å². The number of methoxy groups -OCH3 is 1. The van der Waals surface area contributed by atoms with E-state index < -0.39 is 0 Å². The molecule has 0 aromatic heterocycles. The van der Waals surface area contributed by atoms with Crippen molar-refractivity contribution in [1.82, 2.24) is 10.2 Å². The Labute approximate surface area is 101 Å². The van der Waals surface area contributed by atoms with Crippen LogP contribution in [-0.2, 0) is 4.74 Å². The number of likely N-dealkylation sites (N-methyl/N-ethyl adjacent to an activating group) is 2. The summed E-state index contributed by atoms with van der Waals surface area (Å²) in [5.41, 5.74) is 0. The maximum atomic E-state index is 5.26. The highest BCUT2D eigenvalue weighted by Gasteiger charge is 2.20. The molecule has 1 aliphatic rings. The zero-order valence-electron chi connectivity index (χ0n) is 11.2. The van der Waals surface area contributed by atoms with Crippen LogP contribution >= 0.6 is 0 Å². The first kappa shape index (κ1) is 13.9. The van der Waals surface area contributed by atoms with Crippen molar-refractivity contribution in [3.05, 3.63) is 0 Å². The van der Waals surface area contributed by atoms with Crippen molar-refractivity contribution < 1.29 is 4.74 Å². The number of ether oxygens (including phenoxy) is 1. The van der Waals surface area contributed by atoms with E-state index in [1.165, 1.54) is 32.1 Å². The van der Waals surface area contributed by atoms with Crippen LogP contribution in [0.2, 0.25) is 0 Å². The summed E-state index contributed by atoms with van der Waals surface area (Å²) in [4.78, 5) is 2.52. The zero-order chi connectivity index (χ0) is 11.8. The lowest BCUT2D eigenvalue weighted by Gasteiger charge is -2.33. The molecular weight excluding hydrogens is 200 g/mol. The molecule has 96 valence electrons. The molecule has 0 heterocycles. The van der Waals surface area contributed by atoms with Gasteiger partial charge in [-0.25, -0.2) is 0 Å². The molecule has 1 saturated carbocycles. The second-order valence-electron chi connectivity index (χ2n) is 4.94. The van der Waals surface area contributed by atoms with Crippen molar-refractivity contribution in [3.63, 3.8) is 0 Å². The standard InChI is InChI=1S/C13H28N2O/c1-4-14-12(11-16-3)10-15(2)13-8-6-5-7-9-13/h12-14H,4-11H2,1-3H3. The second kappa shape index (κ2) is 8.04. The average Bonchev–Trinajstić information content (AvgIpc) is 2.31. The summed E-state index contributed by atoms with van der Waals surface area (Å²) in [5.74, 6) is 0. The van der Waals surface area contributed by atoms with E-state index in [4.69, 9.17) is 4.74 Å². The molecule has 1 rings (SSSR count). The lowest BCUT2D eigenvalue weighted by molar-refractivity contribution is 0.121. The summed E-state index contributed by atoms with van der Waals surface area (Å²) in [7, 11) is 4.04. The van der Waals surface area contributed by atoms with Crippen molar-refractivity contribution in [2.45, 2.75) is 51.1 Å². The Kier molecular flexibility index (Phi) is 7.01. The highest BCUT2D eigenvalue weighted by molar-refractivity contribution is 4.77. The molecule has 3 heteroatoms. The number of rotatable bonds is 7. The zero-order valence-corrected chi connectivity index (χ0v) is 11.2. The first-order valence-electron chi connectivity index (χ1n) is 6.70. The van der Waals surface area contributed by atoms with E-state index >= 15 is 0 Å². The van der Waals surface area contributed by atoms with E-state index in [9.17, 15) is 0 Å². The van der Waals surface area contributed by atoms with Crippen LogP contribution in [0.5, 0.6) is 0 Å². The summed E-state index contributed by atoms with van der Waals surface area (Å²) < 4.78 is 5.26. The first-order valence-corrected chi connectivity index (χ1v) is 6.70. The Morgan fingerprint density at radius 1 is 1.31 bits per heavy atom. The van der Waals surface area contributed by atoms with E-state index in [1.54, 1.807) is 7.11 Å². The molecule has 3 nitrogen and oxygen atoms in total. The molecule has 0 radical (unpaired) electrons. The normalized spacial score (nSPS) is 20.2. The van der Waals surface area contributed by atoms with Gasteiger partial charge in [0, 0.05) is 25.7 Å². The molecule has 1 aliphatic carbocycles. The SMILES string of the molecule is CCNC(COC)CN(C)C1CCCCC1. The number of hydrogen-bond acceptors (Lipinski definition) is 3. The first-order chi connectivity index (χ1) is 7.77. The lowest BCUT2D eigenvalue weighted by atomic mass is 9.94. The van der Waals surface area contributed by atoms with Crippen LogP contribution in [0, 0.1) is 0 Å². The van der Waals surface area contributed by atoms with E-state index in [-0.39, 0.29) is 0 Å². The smallest absolute Gasteiger partial charge is 0.0628 e. The molecule has 0 aliphatic heterocycles. The molecule has 1 fully saturated rings. The van der Waals surface area contributed by atoms with E-state index in [1.807, 2.05) is 0 Å². The van der Waals surface area contributed by atoms with Gasteiger partial charge in [-0.05, 0) is 26.4 Å². The number of nitrogens with one attached hydrogen (secondary N) is 1. The molecule has 0 amide bonds. The van der Waals surface area contributed by atoms with Crippen LogP contribution in [0.15, 0.2) is 0 Å². The summed E-state index contributed by atoms with van der Waals surface area (Å²) in [6.45, 7) is 5.09. The van der Waals surface area contributed by atoms with E-state index in [0.717, 1.165) is 25.7 Å². The third-order valence-corrected chi connectivity index (χ3v) is 3.57. The van der Waals surface area contributed by atoms with Gasteiger partial charge in [0.15, 0.2) is 0 Å². The monoisotopic (exact) mass is 228 g/mol. The second-order valence-corrected chi connectivity index (χ2v) is 4.94. The van der Waals surface area contributed by atoms with Gasteiger partial charge < -0.3 is 15.0 Å². The third kappa shape index (κ3) is 4.81.